The van der Waals surface area contributed by atoms with Crippen LogP contribution in [0.25, 0.3) is 0 Å². The molecule has 8 nitrogen and oxygen atoms in total. The maximum Gasteiger partial charge on any atom is 0.231 e. The van der Waals surface area contributed by atoms with Gasteiger partial charge in [0.05, 0.1) is 19.1 Å². The molecule has 3 aliphatic rings. The van der Waals surface area contributed by atoms with Gasteiger partial charge in [0, 0.05) is 44.8 Å². The van der Waals surface area contributed by atoms with Crippen LogP contribution in [-0.2, 0) is 16.1 Å². The van der Waals surface area contributed by atoms with Gasteiger partial charge in [-0.3, -0.25) is 14.5 Å². The van der Waals surface area contributed by atoms with Crippen LogP contribution in [0.3, 0.4) is 0 Å². The van der Waals surface area contributed by atoms with Crippen LogP contribution in [0.2, 0.25) is 0 Å². The van der Waals surface area contributed by atoms with Crippen molar-refractivity contribution in [1.82, 2.24) is 9.80 Å². The number of rotatable bonds is 6. The largest absolute Gasteiger partial charge is 0.497 e. The summed E-state index contributed by atoms with van der Waals surface area (Å²) in [7, 11) is 1.59. The Labute approximate surface area is 232 Å². The first-order valence-electron chi connectivity index (χ1n) is 13.6. The number of carbonyl (C=O) groups excluding carboxylic acids is 2. The fourth-order valence-electron chi connectivity index (χ4n) is 5.90. The number of fused-ring (bicyclic) bond motifs is 1. The van der Waals surface area contributed by atoms with Crippen molar-refractivity contribution in [1.29, 1.82) is 0 Å². The molecule has 208 valence electrons. The first-order chi connectivity index (χ1) is 19.5. The minimum absolute atomic E-state index is 0.0306. The molecule has 0 spiro atoms. The van der Waals surface area contributed by atoms with Crippen molar-refractivity contribution in [2.75, 3.05) is 45.0 Å². The Morgan fingerprint density at radius 1 is 0.950 bits per heavy atom. The van der Waals surface area contributed by atoms with Crippen LogP contribution in [0.5, 0.6) is 17.2 Å². The number of ether oxygens (including phenoxy) is 3. The maximum absolute atomic E-state index is 14.0. The van der Waals surface area contributed by atoms with E-state index in [1.165, 1.54) is 12.1 Å². The van der Waals surface area contributed by atoms with Gasteiger partial charge in [-0.1, -0.05) is 18.2 Å². The molecule has 0 saturated carbocycles. The summed E-state index contributed by atoms with van der Waals surface area (Å²) in [5, 5.41) is 0. The average Bonchev–Trinajstić information content (AvgIpc) is 3.46. The Hall–Kier alpha value is -4.11. The Kier molecular flexibility index (Phi) is 7.30. The number of carbonyl (C=O) groups is 2. The highest BCUT2D eigenvalue weighted by Gasteiger charge is 2.43. The van der Waals surface area contributed by atoms with E-state index >= 15 is 0 Å². The number of halogens is 1. The van der Waals surface area contributed by atoms with Gasteiger partial charge in [0.1, 0.15) is 11.6 Å². The summed E-state index contributed by atoms with van der Waals surface area (Å²) in [6.45, 7) is 3.71. The number of amides is 2. The van der Waals surface area contributed by atoms with E-state index in [4.69, 9.17) is 14.2 Å². The Bertz CT molecular complexity index is 1370. The van der Waals surface area contributed by atoms with Crippen LogP contribution < -0.4 is 19.1 Å². The van der Waals surface area contributed by atoms with E-state index in [1.54, 1.807) is 36.3 Å². The fourth-order valence-corrected chi connectivity index (χ4v) is 5.90. The number of piperazine rings is 1. The number of piperidine rings is 1. The molecule has 0 aliphatic carbocycles. The lowest BCUT2D eigenvalue weighted by molar-refractivity contribution is -0.140. The number of hydrogen-bond donors (Lipinski definition) is 0. The molecule has 0 unspecified atom stereocenters. The third kappa shape index (κ3) is 5.21. The molecule has 9 heteroatoms. The van der Waals surface area contributed by atoms with E-state index in [0.717, 1.165) is 42.3 Å². The zero-order chi connectivity index (χ0) is 27.6. The predicted octanol–water partition coefficient (Wildman–Crippen LogP) is 4.39. The maximum atomic E-state index is 14.0. The molecule has 6 rings (SSSR count). The van der Waals surface area contributed by atoms with Gasteiger partial charge in [-0.15, -0.1) is 0 Å². The normalized spacial score (nSPS) is 21.0. The van der Waals surface area contributed by atoms with Crippen molar-refractivity contribution in [2.45, 2.75) is 25.4 Å². The second-order valence-electron chi connectivity index (χ2n) is 10.4. The van der Waals surface area contributed by atoms with E-state index in [0.29, 0.717) is 30.9 Å². The number of benzene rings is 3. The van der Waals surface area contributed by atoms with E-state index in [1.807, 2.05) is 35.2 Å². The Morgan fingerprint density at radius 2 is 1.68 bits per heavy atom. The van der Waals surface area contributed by atoms with Gasteiger partial charge < -0.3 is 24.0 Å². The van der Waals surface area contributed by atoms with E-state index in [-0.39, 0.29) is 30.8 Å². The quantitative estimate of drug-likeness (QED) is 0.458. The highest BCUT2D eigenvalue weighted by molar-refractivity contribution is 5.97. The van der Waals surface area contributed by atoms with Crippen molar-refractivity contribution in [3.05, 3.63) is 83.7 Å². The molecule has 2 fully saturated rings. The molecule has 2 atom stereocenters. The highest BCUT2D eigenvalue weighted by Crippen LogP contribution is 2.41. The molecule has 40 heavy (non-hydrogen) atoms. The first-order valence-corrected chi connectivity index (χ1v) is 13.6. The molecule has 0 N–H and O–H groups in total. The minimum atomic E-state index is -0.533. The molecule has 0 aromatic heterocycles. The van der Waals surface area contributed by atoms with Crippen LogP contribution >= 0.6 is 0 Å². The summed E-state index contributed by atoms with van der Waals surface area (Å²) in [5.74, 6) is 1.39. The number of nitrogens with zero attached hydrogens (tertiary/aromatic N) is 3. The van der Waals surface area contributed by atoms with E-state index in [2.05, 4.69) is 4.90 Å². The molecule has 3 heterocycles. The van der Waals surface area contributed by atoms with Gasteiger partial charge in [-0.2, -0.15) is 0 Å². The third-order valence-electron chi connectivity index (χ3n) is 8.00. The average molecular weight is 546 g/mol. The molecular weight excluding hydrogens is 513 g/mol. The van der Waals surface area contributed by atoms with Crippen molar-refractivity contribution >= 4 is 17.5 Å². The minimum Gasteiger partial charge on any atom is -0.497 e. The van der Waals surface area contributed by atoms with Gasteiger partial charge >= 0.3 is 0 Å². The molecule has 3 aliphatic heterocycles. The highest BCUT2D eigenvalue weighted by atomic mass is 19.1. The van der Waals surface area contributed by atoms with Crippen molar-refractivity contribution in [2.24, 2.45) is 5.92 Å². The lowest BCUT2D eigenvalue weighted by Gasteiger charge is -2.44. The summed E-state index contributed by atoms with van der Waals surface area (Å²) in [6, 6.07) is 18.9. The van der Waals surface area contributed by atoms with Gasteiger partial charge in [0.2, 0.25) is 18.6 Å². The van der Waals surface area contributed by atoms with Crippen LogP contribution in [0.4, 0.5) is 10.1 Å². The number of hydrogen-bond acceptors (Lipinski definition) is 6. The molecular formula is C31H32FN3O5. The summed E-state index contributed by atoms with van der Waals surface area (Å²) in [6.07, 6.45) is 0.716. The van der Waals surface area contributed by atoms with Crippen molar-refractivity contribution in [3.63, 3.8) is 0 Å². The summed E-state index contributed by atoms with van der Waals surface area (Å²) >= 11 is 0. The predicted molar refractivity (Wildman–Crippen MR) is 147 cm³/mol. The summed E-state index contributed by atoms with van der Waals surface area (Å²) < 4.78 is 30.1. The zero-order valence-electron chi connectivity index (χ0n) is 22.4. The van der Waals surface area contributed by atoms with E-state index in [9.17, 15) is 14.0 Å². The second-order valence-corrected chi connectivity index (χ2v) is 10.4. The van der Waals surface area contributed by atoms with Gasteiger partial charge in [-0.25, -0.2) is 4.39 Å². The molecule has 0 bridgehead atoms. The molecule has 3 aromatic rings. The lowest BCUT2D eigenvalue weighted by Crippen LogP contribution is -2.54. The van der Waals surface area contributed by atoms with Crippen LogP contribution in [0.1, 0.15) is 30.0 Å². The summed E-state index contributed by atoms with van der Waals surface area (Å²) in [4.78, 5) is 33.3. The van der Waals surface area contributed by atoms with Gasteiger partial charge in [0.15, 0.2) is 11.5 Å². The lowest BCUT2D eigenvalue weighted by atomic mass is 9.82. The smallest absolute Gasteiger partial charge is 0.231 e. The Balaban J connectivity index is 1.19. The molecule has 2 saturated heterocycles. The molecule has 2 amide bonds. The SMILES string of the molecule is COc1ccc(N2C(=O)CC[C@@H](C(=O)N3CCN(Cc4ccc5c(c4)OCO5)CC3)[C@@H]2c2ccc(F)cc2)cc1. The van der Waals surface area contributed by atoms with Crippen LogP contribution in [-0.4, -0.2) is 61.7 Å². The third-order valence-corrected chi connectivity index (χ3v) is 8.00. The number of anilines is 1. The fraction of sp³-hybridized carbons (Fsp3) is 0.355. The molecule has 0 radical (unpaired) electrons. The van der Waals surface area contributed by atoms with Crippen LogP contribution in [0.15, 0.2) is 66.7 Å². The monoisotopic (exact) mass is 545 g/mol. The zero-order valence-corrected chi connectivity index (χ0v) is 22.4. The molecule has 3 aromatic carbocycles. The first kappa shape index (κ1) is 26.1. The van der Waals surface area contributed by atoms with Crippen LogP contribution in [0, 0.1) is 11.7 Å². The van der Waals surface area contributed by atoms with Gasteiger partial charge in [-0.05, 0) is 66.1 Å². The Morgan fingerprint density at radius 3 is 2.40 bits per heavy atom. The van der Waals surface area contributed by atoms with Crippen molar-refractivity contribution < 1.29 is 28.2 Å². The standard InChI is InChI=1S/C31H32FN3O5/c1-38-25-9-7-24(8-10-25)35-29(36)13-11-26(30(35)22-3-5-23(32)6-4-22)31(37)34-16-14-33(15-17-34)19-21-2-12-27-28(18-21)40-20-39-27/h2-10,12,18,26,30H,11,13-17,19-20H2,1H3/t26-,30+/m1/s1. The number of methoxy groups -OCH3 is 1. The van der Waals surface area contributed by atoms with E-state index < -0.39 is 12.0 Å². The van der Waals surface area contributed by atoms with Gasteiger partial charge in [0.25, 0.3) is 0 Å². The second kappa shape index (κ2) is 11.2. The van der Waals surface area contributed by atoms with Crippen molar-refractivity contribution in [3.8, 4) is 17.2 Å². The summed E-state index contributed by atoms with van der Waals surface area (Å²) in [5.41, 5.74) is 2.57. The topological polar surface area (TPSA) is 71.6 Å².